The van der Waals surface area contributed by atoms with Gasteiger partial charge in [0.15, 0.2) is 5.58 Å². The van der Waals surface area contributed by atoms with E-state index in [9.17, 15) is 4.79 Å². The zero-order chi connectivity index (χ0) is 14.8. The Morgan fingerprint density at radius 2 is 2.10 bits per heavy atom. The molecule has 0 saturated heterocycles. The van der Waals surface area contributed by atoms with Gasteiger partial charge in [0.05, 0.1) is 12.1 Å². The van der Waals surface area contributed by atoms with Gasteiger partial charge in [-0.2, -0.15) is 0 Å². The second-order valence-corrected chi connectivity index (χ2v) is 5.71. The Labute approximate surface area is 130 Å². The molecule has 1 heterocycles. The predicted molar refractivity (Wildman–Crippen MR) is 84.8 cm³/mol. The van der Waals surface area contributed by atoms with Crippen molar-refractivity contribution >= 4 is 27.0 Å². The maximum absolute atomic E-state index is 11.9. The maximum Gasteiger partial charge on any atom is 0.420 e. The van der Waals surface area contributed by atoms with Crippen molar-refractivity contribution in [1.82, 2.24) is 4.57 Å². The second kappa shape index (κ2) is 5.77. The normalized spacial score (nSPS) is 11.0. The minimum absolute atomic E-state index is 0.353. The molecule has 0 amide bonds. The number of aromatic nitrogens is 1. The summed E-state index contributed by atoms with van der Waals surface area (Å²) in [6.45, 7) is 2.83. The molecule has 0 N–H and O–H groups in total. The molecule has 1 aromatic heterocycles. The lowest BCUT2D eigenvalue weighted by molar-refractivity contribution is 0.294. The van der Waals surface area contributed by atoms with Gasteiger partial charge >= 0.3 is 5.76 Å². The average molecular weight is 348 g/mol. The quantitative estimate of drug-likeness (QED) is 0.721. The first-order chi connectivity index (χ1) is 10.1. The van der Waals surface area contributed by atoms with Crippen LogP contribution in [0.5, 0.6) is 5.75 Å². The van der Waals surface area contributed by atoms with Gasteiger partial charge in [0, 0.05) is 4.47 Å². The first-order valence-corrected chi connectivity index (χ1v) is 7.41. The Morgan fingerprint density at radius 3 is 2.90 bits per heavy atom. The number of ether oxygens (including phenoxy) is 1. The van der Waals surface area contributed by atoms with E-state index in [0.29, 0.717) is 18.7 Å². The summed E-state index contributed by atoms with van der Waals surface area (Å²) in [7, 11) is 0. The maximum atomic E-state index is 11.9. The van der Waals surface area contributed by atoms with Crippen molar-refractivity contribution in [1.29, 1.82) is 0 Å². The van der Waals surface area contributed by atoms with E-state index in [0.717, 1.165) is 21.3 Å². The van der Waals surface area contributed by atoms with Crippen LogP contribution in [0.25, 0.3) is 11.1 Å². The molecule has 5 heteroatoms. The predicted octanol–water partition coefficient (Wildman–Crippen LogP) is 3.74. The number of nitrogens with zero attached hydrogens (tertiary/aromatic N) is 1. The highest BCUT2D eigenvalue weighted by molar-refractivity contribution is 9.10. The van der Waals surface area contributed by atoms with Gasteiger partial charge in [-0.05, 0) is 42.8 Å². The van der Waals surface area contributed by atoms with E-state index >= 15 is 0 Å². The molecule has 0 radical (unpaired) electrons. The van der Waals surface area contributed by atoms with Gasteiger partial charge < -0.3 is 9.15 Å². The molecular formula is C16H14BrNO3. The van der Waals surface area contributed by atoms with Crippen LogP contribution in [0.1, 0.15) is 5.56 Å². The summed E-state index contributed by atoms with van der Waals surface area (Å²) in [4.78, 5) is 11.9. The number of fused-ring (bicyclic) bond motifs is 1. The highest BCUT2D eigenvalue weighted by Gasteiger charge is 2.09. The van der Waals surface area contributed by atoms with Gasteiger partial charge in [-0.15, -0.1) is 0 Å². The van der Waals surface area contributed by atoms with Gasteiger partial charge in [0.2, 0.25) is 0 Å². The fourth-order valence-electron chi connectivity index (χ4n) is 2.20. The first-order valence-electron chi connectivity index (χ1n) is 6.62. The molecule has 0 unspecified atom stereocenters. The largest absolute Gasteiger partial charge is 0.492 e. The molecule has 4 nitrogen and oxygen atoms in total. The Kier molecular flexibility index (Phi) is 3.84. The minimum Gasteiger partial charge on any atom is -0.492 e. The molecule has 0 bridgehead atoms. The number of oxazole rings is 1. The van der Waals surface area contributed by atoms with E-state index < -0.39 is 0 Å². The van der Waals surface area contributed by atoms with Crippen molar-refractivity contribution < 1.29 is 9.15 Å². The lowest BCUT2D eigenvalue weighted by Gasteiger charge is -2.07. The van der Waals surface area contributed by atoms with E-state index in [4.69, 9.17) is 9.15 Å². The molecular weight excluding hydrogens is 334 g/mol. The minimum atomic E-state index is -0.353. The van der Waals surface area contributed by atoms with Gasteiger partial charge in [-0.25, -0.2) is 4.79 Å². The fraction of sp³-hybridized carbons (Fsp3) is 0.188. The third-order valence-corrected chi connectivity index (χ3v) is 3.70. The first kappa shape index (κ1) is 13.9. The van der Waals surface area contributed by atoms with Crippen LogP contribution >= 0.6 is 15.9 Å². The topological polar surface area (TPSA) is 44.4 Å². The number of halogens is 1. The summed E-state index contributed by atoms with van der Waals surface area (Å²) >= 11 is 3.39. The molecule has 3 aromatic rings. The van der Waals surface area contributed by atoms with Crippen LogP contribution in [0.15, 0.2) is 56.1 Å². The van der Waals surface area contributed by atoms with E-state index in [-0.39, 0.29) is 5.76 Å². The second-order valence-electron chi connectivity index (χ2n) is 4.80. The Bertz CT molecular complexity index is 835. The Balaban J connectivity index is 1.78. The fourth-order valence-corrected chi connectivity index (χ4v) is 2.57. The van der Waals surface area contributed by atoms with Crippen LogP contribution in [-0.2, 0) is 6.54 Å². The summed E-state index contributed by atoms with van der Waals surface area (Å²) in [5.41, 5.74) is 2.50. The Hall–Kier alpha value is -2.01. The van der Waals surface area contributed by atoms with Gasteiger partial charge in [-0.1, -0.05) is 28.1 Å². The van der Waals surface area contributed by atoms with Crippen LogP contribution in [0, 0.1) is 6.92 Å². The molecule has 108 valence electrons. The molecule has 0 aliphatic rings. The molecule has 3 rings (SSSR count). The van der Waals surface area contributed by atoms with E-state index in [1.54, 1.807) is 4.57 Å². The summed E-state index contributed by atoms with van der Waals surface area (Å²) in [6.07, 6.45) is 0. The number of benzene rings is 2. The third-order valence-electron chi connectivity index (χ3n) is 3.20. The number of hydrogen-bond donors (Lipinski definition) is 0. The van der Waals surface area contributed by atoms with E-state index in [1.807, 2.05) is 49.4 Å². The Morgan fingerprint density at radius 1 is 1.24 bits per heavy atom. The van der Waals surface area contributed by atoms with Crippen LogP contribution in [0.2, 0.25) is 0 Å². The molecule has 0 aliphatic carbocycles. The molecule has 0 aliphatic heterocycles. The number of rotatable bonds is 4. The highest BCUT2D eigenvalue weighted by Crippen LogP contribution is 2.18. The van der Waals surface area contributed by atoms with Gasteiger partial charge in [0.1, 0.15) is 12.4 Å². The highest BCUT2D eigenvalue weighted by atomic mass is 79.9. The van der Waals surface area contributed by atoms with Crippen molar-refractivity contribution in [2.45, 2.75) is 13.5 Å². The van der Waals surface area contributed by atoms with E-state index in [1.165, 1.54) is 0 Å². The summed E-state index contributed by atoms with van der Waals surface area (Å²) in [5, 5.41) is 0. The third kappa shape index (κ3) is 3.03. The van der Waals surface area contributed by atoms with Crippen molar-refractivity contribution in [2.75, 3.05) is 6.61 Å². The van der Waals surface area contributed by atoms with Gasteiger partial charge in [-0.3, -0.25) is 4.57 Å². The molecule has 2 aromatic carbocycles. The van der Waals surface area contributed by atoms with Crippen LogP contribution in [0.4, 0.5) is 0 Å². The lowest BCUT2D eigenvalue weighted by Crippen LogP contribution is -2.18. The van der Waals surface area contributed by atoms with E-state index in [2.05, 4.69) is 15.9 Å². The van der Waals surface area contributed by atoms with Crippen molar-refractivity contribution in [3.05, 3.63) is 63.1 Å². The standard InChI is InChI=1S/C16H14BrNO3/c1-11-5-6-15-14(9-11)18(16(19)21-15)7-8-20-13-4-2-3-12(17)10-13/h2-6,9-10H,7-8H2,1H3. The average Bonchev–Trinajstić information content (AvgIpc) is 2.75. The summed E-state index contributed by atoms with van der Waals surface area (Å²) in [5.74, 6) is 0.412. The van der Waals surface area contributed by atoms with Crippen molar-refractivity contribution in [2.24, 2.45) is 0 Å². The zero-order valence-electron chi connectivity index (χ0n) is 11.5. The summed E-state index contributed by atoms with van der Waals surface area (Å²) < 4.78 is 13.4. The number of hydrogen-bond acceptors (Lipinski definition) is 3. The van der Waals surface area contributed by atoms with Crippen molar-refractivity contribution in [3.63, 3.8) is 0 Å². The van der Waals surface area contributed by atoms with Gasteiger partial charge in [0.25, 0.3) is 0 Å². The van der Waals surface area contributed by atoms with Crippen LogP contribution < -0.4 is 10.5 Å². The molecule has 0 spiro atoms. The molecule has 0 saturated carbocycles. The SMILES string of the molecule is Cc1ccc2oc(=O)n(CCOc3cccc(Br)c3)c2c1. The van der Waals surface area contributed by atoms with Crippen molar-refractivity contribution in [3.8, 4) is 5.75 Å². The molecule has 21 heavy (non-hydrogen) atoms. The van der Waals surface area contributed by atoms with Crippen LogP contribution in [-0.4, -0.2) is 11.2 Å². The van der Waals surface area contributed by atoms with Crippen LogP contribution in [0.3, 0.4) is 0 Å². The monoisotopic (exact) mass is 347 g/mol. The molecule has 0 atom stereocenters. The molecule has 0 fully saturated rings. The zero-order valence-corrected chi connectivity index (χ0v) is 13.1. The number of aryl methyl sites for hydroxylation is 1. The summed E-state index contributed by atoms with van der Waals surface area (Å²) in [6, 6.07) is 13.3. The lowest BCUT2D eigenvalue weighted by atomic mass is 10.2. The smallest absolute Gasteiger partial charge is 0.420 e.